The van der Waals surface area contributed by atoms with Gasteiger partial charge in [-0.25, -0.2) is 8.42 Å². The van der Waals surface area contributed by atoms with Gasteiger partial charge in [0.1, 0.15) is 0 Å². The number of carbonyl (C=O) groups excluding carboxylic acids is 1. The van der Waals surface area contributed by atoms with Crippen LogP contribution in [-0.2, 0) is 23.1 Å². The molecule has 2 aromatic rings. The molecule has 2 saturated heterocycles. The number of rotatable bonds is 6. The molecule has 2 aromatic carbocycles. The van der Waals surface area contributed by atoms with Crippen molar-refractivity contribution >= 4 is 15.9 Å². The van der Waals surface area contributed by atoms with E-state index in [1.165, 1.54) is 16.1 Å². The molecule has 0 unspecified atom stereocenters. The van der Waals surface area contributed by atoms with Crippen molar-refractivity contribution < 1.29 is 13.2 Å². The molecule has 8 heteroatoms. The Balaban J connectivity index is 1.25. The van der Waals surface area contributed by atoms with Crippen molar-refractivity contribution in [3.05, 3.63) is 71.3 Å². The normalized spacial score (nSPS) is 19.2. The first-order valence-electron chi connectivity index (χ1n) is 11.2. The van der Waals surface area contributed by atoms with Gasteiger partial charge in [-0.1, -0.05) is 42.5 Å². The lowest BCUT2D eigenvalue weighted by molar-refractivity contribution is 0.0628. The quantitative estimate of drug-likeness (QED) is 0.662. The number of benzene rings is 2. The minimum absolute atomic E-state index is 0.0951. The largest absolute Gasteiger partial charge is 0.336 e. The first kappa shape index (κ1) is 22.9. The number of amides is 1. The Labute approximate surface area is 191 Å². The summed E-state index contributed by atoms with van der Waals surface area (Å²) in [4.78, 5) is 19.5. The second-order valence-corrected chi connectivity index (χ2v) is 10.7. The zero-order valence-corrected chi connectivity index (χ0v) is 19.5. The predicted octanol–water partition coefficient (Wildman–Crippen LogP) is 1.72. The van der Waals surface area contributed by atoms with Gasteiger partial charge >= 0.3 is 0 Å². The van der Waals surface area contributed by atoms with Gasteiger partial charge in [-0.3, -0.25) is 14.6 Å². The first-order chi connectivity index (χ1) is 15.4. The second kappa shape index (κ2) is 10.1. The molecule has 0 aromatic heterocycles. The molecular weight excluding hydrogens is 424 g/mol. The van der Waals surface area contributed by atoms with E-state index >= 15 is 0 Å². The first-order valence-corrected chi connectivity index (χ1v) is 13.1. The molecule has 2 aliphatic rings. The summed E-state index contributed by atoms with van der Waals surface area (Å²) >= 11 is 0. The van der Waals surface area contributed by atoms with Crippen LogP contribution in [0.4, 0.5) is 0 Å². The Morgan fingerprint density at radius 2 is 1.22 bits per heavy atom. The molecule has 7 nitrogen and oxygen atoms in total. The van der Waals surface area contributed by atoms with Crippen LogP contribution in [0.15, 0.2) is 54.6 Å². The van der Waals surface area contributed by atoms with Crippen LogP contribution in [0.25, 0.3) is 0 Å². The molecule has 2 fully saturated rings. The lowest BCUT2D eigenvalue weighted by atomic mass is 10.1. The van der Waals surface area contributed by atoms with Crippen LogP contribution in [0.5, 0.6) is 0 Å². The van der Waals surface area contributed by atoms with Crippen molar-refractivity contribution in [1.82, 2.24) is 19.0 Å². The van der Waals surface area contributed by atoms with Gasteiger partial charge in [0.15, 0.2) is 0 Å². The van der Waals surface area contributed by atoms with Gasteiger partial charge in [-0.2, -0.15) is 4.31 Å². The molecule has 2 heterocycles. The standard InChI is InChI=1S/C24H32N4O3S/c1-32(30,31)28-17-13-26(14-18-28)20-22-7-9-23(10-8-22)24(29)27-15-11-25(12-16-27)19-21-5-3-2-4-6-21/h2-10H,11-20H2,1H3. The third-order valence-electron chi connectivity index (χ3n) is 6.32. The third kappa shape index (κ3) is 5.95. The van der Waals surface area contributed by atoms with Gasteiger partial charge < -0.3 is 4.90 Å². The Kier molecular flexibility index (Phi) is 7.25. The molecule has 0 saturated carbocycles. The zero-order chi connectivity index (χ0) is 22.6. The molecule has 1 amide bonds. The van der Waals surface area contributed by atoms with E-state index in [9.17, 15) is 13.2 Å². The molecule has 0 aliphatic carbocycles. The molecule has 0 bridgehead atoms. The summed E-state index contributed by atoms with van der Waals surface area (Å²) in [7, 11) is -3.11. The highest BCUT2D eigenvalue weighted by atomic mass is 32.2. The summed E-state index contributed by atoms with van der Waals surface area (Å²) in [6.45, 7) is 7.48. The Morgan fingerprint density at radius 1 is 0.719 bits per heavy atom. The van der Waals surface area contributed by atoms with Crippen LogP contribution in [0, 0.1) is 0 Å². The lowest BCUT2D eigenvalue weighted by Gasteiger charge is -2.35. The maximum absolute atomic E-state index is 12.9. The van der Waals surface area contributed by atoms with Crippen molar-refractivity contribution in [3.63, 3.8) is 0 Å². The fraction of sp³-hybridized carbons (Fsp3) is 0.458. The predicted molar refractivity (Wildman–Crippen MR) is 126 cm³/mol. The van der Waals surface area contributed by atoms with E-state index in [4.69, 9.17) is 0 Å². The molecule has 0 N–H and O–H groups in total. The maximum atomic E-state index is 12.9. The lowest BCUT2D eigenvalue weighted by Crippen LogP contribution is -2.48. The third-order valence-corrected chi connectivity index (χ3v) is 7.62. The molecule has 0 radical (unpaired) electrons. The van der Waals surface area contributed by atoms with Crippen molar-refractivity contribution in [2.75, 3.05) is 58.6 Å². The number of piperazine rings is 2. The molecule has 172 valence electrons. The van der Waals surface area contributed by atoms with Crippen LogP contribution >= 0.6 is 0 Å². The van der Waals surface area contributed by atoms with E-state index in [2.05, 4.69) is 34.1 Å². The minimum atomic E-state index is -3.11. The monoisotopic (exact) mass is 456 g/mol. The molecule has 0 spiro atoms. The maximum Gasteiger partial charge on any atom is 0.253 e. The van der Waals surface area contributed by atoms with E-state index in [0.29, 0.717) is 13.1 Å². The molecular formula is C24H32N4O3S. The van der Waals surface area contributed by atoms with Crippen LogP contribution in [-0.4, -0.2) is 91.9 Å². The average Bonchev–Trinajstić information content (AvgIpc) is 2.80. The zero-order valence-electron chi connectivity index (χ0n) is 18.7. The molecule has 32 heavy (non-hydrogen) atoms. The highest BCUT2D eigenvalue weighted by Gasteiger charge is 2.24. The van der Waals surface area contributed by atoms with E-state index < -0.39 is 10.0 Å². The summed E-state index contributed by atoms with van der Waals surface area (Å²) in [5.74, 6) is 0.0951. The number of carbonyl (C=O) groups is 1. The van der Waals surface area contributed by atoms with E-state index in [1.807, 2.05) is 35.2 Å². The van der Waals surface area contributed by atoms with Gasteiger partial charge in [0, 0.05) is 71.0 Å². The minimum Gasteiger partial charge on any atom is -0.336 e. The van der Waals surface area contributed by atoms with Gasteiger partial charge in [0.05, 0.1) is 6.26 Å². The number of hydrogen-bond acceptors (Lipinski definition) is 5. The van der Waals surface area contributed by atoms with Gasteiger partial charge in [-0.05, 0) is 23.3 Å². The Hall–Kier alpha value is -2.26. The SMILES string of the molecule is CS(=O)(=O)N1CCN(Cc2ccc(C(=O)N3CCN(Cc4ccccc4)CC3)cc2)CC1. The summed E-state index contributed by atoms with van der Waals surface area (Å²) in [6.07, 6.45) is 1.27. The fourth-order valence-corrected chi connectivity index (χ4v) is 5.19. The number of hydrogen-bond donors (Lipinski definition) is 0. The van der Waals surface area contributed by atoms with E-state index in [0.717, 1.165) is 63.5 Å². The summed E-state index contributed by atoms with van der Waals surface area (Å²) in [5.41, 5.74) is 3.18. The Bertz CT molecular complexity index is 995. The van der Waals surface area contributed by atoms with Crippen LogP contribution in [0.3, 0.4) is 0 Å². The average molecular weight is 457 g/mol. The summed E-state index contributed by atoms with van der Waals surface area (Å²) in [6, 6.07) is 18.3. The molecule has 2 aliphatic heterocycles. The van der Waals surface area contributed by atoms with Gasteiger partial charge in [0.2, 0.25) is 10.0 Å². The van der Waals surface area contributed by atoms with Gasteiger partial charge in [0.25, 0.3) is 5.91 Å². The van der Waals surface area contributed by atoms with Crippen LogP contribution in [0.1, 0.15) is 21.5 Å². The van der Waals surface area contributed by atoms with Crippen molar-refractivity contribution in [1.29, 1.82) is 0 Å². The summed E-state index contributed by atoms with van der Waals surface area (Å²) < 4.78 is 24.8. The van der Waals surface area contributed by atoms with Gasteiger partial charge in [-0.15, -0.1) is 0 Å². The highest BCUT2D eigenvalue weighted by molar-refractivity contribution is 7.88. The topological polar surface area (TPSA) is 64.2 Å². The van der Waals surface area contributed by atoms with E-state index in [-0.39, 0.29) is 5.91 Å². The fourth-order valence-electron chi connectivity index (χ4n) is 4.36. The smallest absolute Gasteiger partial charge is 0.253 e. The molecule has 4 rings (SSSR count). The van der Waals surface area contributed by atoms with Crippen LogP contribution in [0.2, 0.25) is 0 Å². The number of sulfonamides is 1. The Morgan fingerprint density at radius 3 is 1.75 bits per heavy atom. The highest BCUT2D eigenvalue weighted by Crippen LogP contribution is 2.15. The summed E-state index contributed by atoms with van der Waals surface area (Å²) in [5, 5.41) is 0. The van der Waals surface area contributed by atoms with Crippen molar-refractivity contribution in [2.45, 2.75) is 13.1 Å². The van der Waals surface area contributed by atoms with E-state index in [1.54, 1.807) is 0 Å². The number of nitrogens with zero attached hydrogens (tertiary/aromatic N) is 4. The van der Waals surface area contributed by atoms with Crippen LogP contribution < -0.4 is 0 Å². The van der Waals surface area contributed by atoms with Crippen molar-refractivity contribution in [3.8, 4) is 0 Å². The molecule has 0 atom stereocenters. The second-order valence-electron chi connectivity index (χ2n) is 8.69. The van der Waals surface area contributed by atoms with Crippen molar-refractivity contribution in [2.24, 2.45) is 0 Å².